The van der Waals surface area contributed by atoms with Crippen LogP contribution in [0.3, 0.4) is 0 Å². The molecule has 21 heavy (non-hydrogen) atoms. The molecule has 0 radical (unpaired) electrons. The maximum Gasteiger partial charge on any atom is 0.159 e. The van der Waals surface area contributed by atoms with Crippen LogP contribution < -0.4 is 0 Å². The molecule has 3 heterocycles. The van der Waals surface area contributed by atoms with Gasteiger partial charge in [0.25, 0.3) is 0 Å². The van der Waals surface area contributed by atoms with Crippen LogP contribution in [0.25, 0.3) is 11.2 Å². The molecule has 6 heteroatoms. The Balaban J connectivity index is 1.86. The van der Waals surface area contributed by atoms with Gasteiger partial charge in [0.2, 0.25) is 0 Å². The molecule has 2 fully saturated rings. The van der Waals surface area contributed by atoms with Crippen molar-refractivity contribution in [1.82, 2.24) is 19.3 Å². The quantitative estimate of drug-likeness (QED) is 0.816. The number of ether oxygens (including phenoxy) is 1. The van der Waals surface area contributed by atoms with Gasteiger partial charge in [0.15, 0.2) is 5.65 Å². The molecule has 1 saturated carbocycles. The van der Waals surface area contributed by atoms with Gasteiger partial charge in [-0.25, -0.2) is 4.98 Å². The number of imidazole rings is 1. The van der Waals surface area contributed by atoms with Gasteiger partial charge in [-0.05, 0) is 32.1 Å². The molecule has 4 rings (SSSR count). The Hall–Kier alpha value is -1.07. The highest BCUT2D eigenvalue weighted by Crippen LogP contribution is 2.44. The Kier molecular flexibility index (Phi) is 3.23. The highest BCUT2D eigenvalue weighted by atomic mass is 35.5. The number of aryl methyl sites for hydroxylation is 3. The van der Waals surface area contributed by atoms with Crippen molar-refractivity contribution in [1.29, 1.82) is 0 Å². The van der Waals surface area contributed by atoms with Gasteiger partial charge in [0.1, 0.15) is 11.3 Å². The Morgan fingerprint density at radius 1 is 1.33 bits per heavy atom. The topological polar surface area (TPSA) is 44.9 Å². The predicted molar refractivity (Wildman–Crippen MR) is 81.8 cm³/mol. The summed E-state index contributed by atoms with van der Waals surface area (Å²) in [6, 6.07) is 0.385. The van der Waals surface area contributed by atoms with Crippen molar-refractivity contribution in [3.05, 3.63) is 11.5 Å². The van der Waals surface area contributed by atoms with Crippen molar-refractivity contribution in [2.75, 3.05) is 12.5 Å². The van der Waals surface area contributed by atoms with Gasteiger partial charge in [-0.3, -0.25) is 4.68 Å². The van der Waals surface area contributed by atoms with E-state index in [1.165, 1.54) is 12.8 Å². The molecule has 2 unspecified atom stereocenters. The minimum Gasteiger partial charge on any atom is -0.376 e. The van der Waals surface area contributed by atoms with E-state index in [0.717, 1.165) is 48.0 Å². The number of rotatable bonds is 4. The van der Waals surface area contributed by atoms with Crippen molar-refractivity contribution < 1.29 is 4.74 Å². The van der Waals surface area contributed by atoms with Gasteiger partial charge in [0, 0.05) is 26.0 Å². The molecule has 1 saturated heterocycles. The maximum atomic E-state index is 6.03. The van der Waals surface area contributed by atoms with Crippen LogP contribution in [0, 0.1) is 12.8 Å². The first kappa shape index (κ1) is 13.6. The number of fused-ring (bicyclic) bond motifs is 1. The van der Waals surface area contributed by atoms with Crippen molar-refractivity contribution >= 4 is 22.8 Å². The summed E-state index contributed by atoms with van der Waals surface area (Å²) >= 11 is 5.99. The third kappa shape index (κ3) is 2.09. The van der Waals surface area contributed by atoms with Crippen LogP contribution in [0.1, 0.15) is 36.8 Å². The Bertz CT molecular complexity index is 673. The number of hydrogen-bond acceptors (Lipinski definition) is 3. The van der Waals surface area contributed by atoms with E-state index >= 15 is 0 Å². The van der Waals surface area contributed by atoms with E-state index < -0.39 is 0 Å². The molecule has 5 nitrogen and oxygen atoms in total. The number of aromatic nitrogens is 4. The van der Waals surface area contributed by atoms with Crippen LogP contribution in [0.15, 0.2) is 0 Å². The first-order valence-electron chi connectivity index (χ1n) is 7.78. The molecule has 2 aromatic rings. The van der Waals surface area contributed by atoms with Gasteiger partial charge in [-0.2, -0.15) is 5.10 Å². The molecule has 2 atom stereocenters. The third-order valence-corrected chi connectivity index (χ3v) is 4.94. The molecule has 0 aromatic carbocycles. The second kappa shape index (κ2) is 4.99. The zero-order valence-electron chi connectivity index (χ0n) is 12.5. The monoisotopic (exact) mass is 308 g/mol. The van der Waals surface area contributed by atoms with Crippen LogP contribution in [-0.2, 0) is 18.2 Å². The molecule has 2 aliphatic rings. The van der Waals surface area contributed by atoms with Gasteiger partial charge >= 0.3 is 0 Å². The summed E-state index contributed by atoms with van der Waals surface area (Å²) in [5.74, 6) is 2.41. The van der Waals surface area contributed by atoms with Gasteiger partial charge < -0.3 is 9.30 Å². The smallest absolute Gasteiger partial charge is 0.159 e. The highest BCUT2D eigenvalue weighted by molar-refractivity contribution is 6.17. The van der Waals surface area contributed by atoms with Crippen molar-refractivity contribution in [2.45, 2.75) is 44.8 Å². The summed E-state index contributed by atoms with van der Waals surface area (Å²) < 4.78 is 10.4. The summed E-state index contributed by atoms with van der Waals surface area (Å²) in [6.45, 7) is 2.87. The van der Waals surface area contributed by atoms with Gasteiger partial charge in [-0.15, -0.1) is 11.6 Å². The molecular formula is C15H21ClN4O. The molecule has 0 N–H and O–H groups in total. The molecule has 0 amide bonds. The Morgan fingerprint density at radius 3 is 2.86 bits per heavy atom. The standard InChI is InChI=1S/C15H21ClN4O/c1-9-13-15(19(2)18-9)20(12(17-13)5-7-16)11-6-8-21-14(11)10-3-4-10/h10-11,14H,3-8H2,1-2H3. The van der Waals surface area contributed by atoms with E-state index in [2.05, 4.69) is 9.67 Å². The van der Waals surface area contributed by atoms with E-state index in [0.29, 0.717) is 18.0 Å². The number of alkyl halides is 1. The fraction of sp³-hybridized carbons (Fsp3) is 0.733. The molecule has 2 aromatic heterocycles. The Morgan fingerprint density at radius 2 is 2.14 bits per heavy atom. The minimum absolute atomic E-state index is 0.340. The van der Waals surface area contributed by atoms with Crippen molar-refractivity contribution in [2.24, 2.45) is 13.0 Å². The first-order valence-corrected chi connectivity index (χ1v) is 8.32. The zero-order valence-corrected chi connectivity index (χ0v) is 13.3. The first-order chi connectivity index (χ1) is 10.2. The molecule has 1 aliphatic heterocycles. The SMILES string of the molecule is Cc1nn(C)c2c1nc(CCCl)n2C1CCOC1C1CC1. The molecule has 114 valence electrons. The summed E-state index contributed by atoms with van der Waals surface area (Å²) in [5, 5.41) is 4.53. The lowest BCUT2D eigenvalue weighted by Crippen LogP contribution is -2.24. The van der Waals surface area contributed by atoms with Crippen LogP contribution in [0.5, 0.6) is 0 Å². The van der Waals surface area contributed by atoms with E-state index in [-0.39, 0.29) is 0 Å². The summed E-state index contributed by atoms with van der Waals surface area (Å²) in [6.07, 6.45) is 4.80. The highest BCUT2D eigenvalue weighted by Gasteiger charge is 2.43. The lowest BCUT2D eigenvalue weighted by molar-refractivity contribution is 0.0751. The van der Waals surface area contributed by atoms with E-state index in [9.17, 15) is 0 Å². The predicted octanol–water partition coefficient (Wildman–Crippen LogP) is 2.60. The number of hydrogen-bond donors (Lipinski definition) is 0. The van der Waals surface area contributed by atoms with E-state index in [1.54, 1.807) is 0 Å². The number of halogens is 1. The molecule has 1 aliphatic carbocycles. The molecule has 0 bridgehead atoms. The largest absolute Gasteiger partial charge is 0.376 e. The second-order valence-electron chi connectivity index (χ2n) is 6.25. The zero-order chi connectivity index (χ0) is 14.6. The van der Waals surface area contributed by atoms with Gasteiger partial charge in [0.05, 0.1) is 17.8 Å². The number of nitrogens with zero attached hydrogens (tertiary/aromatic N) is 4. The average Bonchev–Trinajstić information content (AvgIpc) is 2.96. The lowest BCUT2D eigenvalue weighted by atomic mass is 10.1. The van der Waals surface area contributed by atoms with Crippen LogP contribution >= 0.6 is 11.6 Å². The molecule has 0 spiro atoms. The summed E-state index contributed by atoms with van der Waals surface area (Å²) in [5.41, 5.74) is 3.12. The van der Waals surface area contributed by atoms with Crippen LogP contribution in [-0.4, -0.2) is 37.9 Å². The van der Waals surface area contributed by atoms with Crippen molar-refractivity contribution in [3.8, 4) is 0 Å². The minimum atomic E-state index is 0.340. The maximum absolute atomic E-state index is 6.03. The normalized spacial score (nSPS) is 26.0. The van der Waals surface area contributed by atoms with Crippen LogP contribution in [0.2, 0.25) is 0 Å². The fourth-order valence-corrected chi connectivity index (χ4v) is 3.87. The van der Waals surface area contributed by atoms with Gasteiger partial charge in [-0.1, -0.05) is 0 Å². The summed E-state index contributed by atoms with van der Waals surface area (Å²) in [4.78, 5) is 4.82. The summed E-state index contributed by atoms with van der Waals surface area (Å²) in [7, 11) is 2.00. The van der Waals surface area contributed by atoms with Crippen LogP contribution in [0.4, 0.5) is 0 Å². The van der Waals surface area contributed by atoms with E-state index in [1.807, 2.05) is 18.7 Å². The lowest BCUT2D eigenvalue weighted by Gasteiger charge is -2.22. The van der Waals surface area contributed by atoms with Crippen molar-refractivity contribution in [3.63, 3.8) is 0 Å². The molecular weight excluding hydrogens is 288 g/mol. The Labute approximate surface area is 129 Å². The third-order valence-electron chi connectivity index (χ3n) is 4.75. The fourth-order valence-electron chi connectivity index (χ4n) is 3.70. The average molecular weight is 309 g/mol. The van der Waals surface area contributed by atoms with E-state index in [4.69, 9.17) is 21.3 Å². The second-order valence-corrected chi connectivity index (χ2v) is 6.63.